The van der Waals surface area contributed by atoms with E-state index in [9.17, 15) is 18.0 Å². The van der Waals surface area contributed by atoms with Crippen molar-refractivity contribution >= 4 is 73.9 Å². The van der Waals surface area contributed by atoms with E-state index in [1.807, 2.05) is 13.8 Å². The van der Waals surface area contributed by atoms with Crippen molar-refractivity contribution in [2.24, 2.45) is 5.92 Å². The number of hydrogen-bond donors (Lipinski definition) is 1. The van der Waals surface area contributed by atoms with Crippen LogP contribution in [0.15, 0.2) is 71.6 Å². The van der Waals surface area contributed by atoms with Crippen LogP contribution in [0.5, 0.6) is 0 Å². The van der Waals surface area contributed by atoms with Crippen molar-refractivity contribution in [1.29, 1.82) is 0 Å². The molecule has 0 unspecified atom stereocenters. The number of carbonyl (C=O) groups excluding carboxylic acids is 2. The summed E-state index contributed by atoms with van der Waals surface area (Å²) in [6.07, 6.45) is 0.251. The van der Waals surface area contributed by atoms with Gasteiger partial charge in [-0.15, -0.1) is 0 Å². The lowest BCUT2D eigenvalue weighted by atomic mass is 10.1. The molecule has 220 valence electrons. The van der Waals surface area contributed by atoms with Gasteiger partial charge in [0.2, 0.25) is 11.8 Å². The van der Waals surface area contributed by atoms with Crippen molar-refractivity contribution in [1.82, 2.24) is 10.2 Å². The Morgan fingerprint density at radius 2 is 1.44 bits per heavy atom. The summed E-state index contributed by atoms with van der Waals surface area (Å²) in [4.78, 5) is 28.7. The predicted octanol–water partition coefficient (Wildman–Crippen LogP) is 7.08. The van der Waals surface area contributed by atoms with E-state index in [1.54, 1.807) is 43.3 Å². The molecule has 3 aromatic carbocycles. The zero-order chi connectivity index (χ0) is 30.3. The highest BCUT2D eigenvalue weighted by Crippen LogP contribution is 2.36. The maximum Gasteiger partial charge on any atom is 0.264 e. The van der Waals surface area contributed by atoms with Crippen LogP contribution in [0, 0.1) is 5.92 Å². The molecule has 3 rings (SSSR count). The fourth-order valence-electron chi connectivity index (χ4n) is 4.11. The molecule has 1 N–H and O–H groups in total. The maximum atomic E-state index is 14.1. The van der Waals surface area contributed by atoms with Gasteiger partial charge >= 0.3 is 0 Å². The third-order valence-corrected chi connectivity index (χ3v) is 9.56. The molecule has 0 fully saturated rings. The first kappa shape index (κ1) is 33.0. The van der Waals surface area contributed by atoms with E-state index in [0.29, 0.717) is 22.2 Å². The van der Waals surface area contributed by atoms with Crippen LogP contribution in [-0.2, 0) is 26.2 Å². The van der Waals surface area contributed by atoms with E-state index in [1.165, 1.54) is 35.2 Å². The summed E-state index contributed by atoms with van der Waals surface area (Å²) in [7, 11) is -4.30. The largest absolute Gasteiger partial charge is 0.354 e. The van der Waals surface area contributed by atoms with Crippen LogP contribution in [0.1, 0.15) is 32.8 Å². The molecule has 0 saturated heterocycles. The SMILES string of the molecule is CC[C@@H](C(=O)NCC(C)C)N(Cc1c(Cl)cccc1Cl)C(=O)CN(c1cccc(Cl)c1Cl)S(=O)(=O)c1ccccc1. The monoisotopic (exact) mass is 657 g/mol. The van der Waals surface area contributed by atoms with Crippen molar-refractivity contribution in [2.75, 3.05) is 17.4 Å². The molecule has 1 atom stereocenters. The molecule has 0 aromatic heterocycles. The van der Waals surface area contributed by atoms with Gasteiger partial charge < -0.3 is 10.2 Å². The summed E-state index contributed by atoms with van der Waals surface area (Å²) < 4.78 is 28.7. The fourth-order valence-corrected chi connectivity index (χ4v) is 6.53. The number of halogens is 4. The molecule has 0 heterocycles. The van der Waals surface area contributed by atoms with Crippen LogP contribution in [0.3, 0.4) is 0 Å². The summed E-state index contributed by atoms with van der Waals surface area (Å²) >= 11 is 25.6. The molecule has 12 heteroatoms. The predicted molar refractivity (Wildman–Crippen MR) is 166 cm³/mol. The maximum absolute atomic E-state index is 14.1. The molecule has 7 nitrogen and oxygen atoms in total. The van der Waals surface area contributed by atoms with Crippen molar-refractivity contribution in [2.45, 2.75) is 44.7 Å². The highest BCUT2D eigenvalue weighted by Gasteiger charge is 2.35. The summed E-state index contributed by atoms with van der Waals surface area (Å²) in [5.41, 5.74) is 0.446. The van der Waals surface area contributed by atoms with Gasteiger partial charge in [-0.1, -0.05) is 97.5 Å². The topological polar surface area (TPSA) is 86.8 Å². The Labute approximate surface area is 261 Å². The van der Waals surface area contributed by atoms with Crippen molar-refractivity contribution < 1.29 is 18.0 Å². The summed E-state index contributed by atoms with van der Waals surface area (Å²) in [6, 6.07) is 16.2. The van der Waals surface area contributed by atoms with Crippen LogP contribution in [0.25, 0.3) is 0 Å². The summed E-state index contributed by atoms with van der Waals surface area (Å²) in [6.45, 7) is 5.27. The molecular weight excluding hydrogens is 628 g/mol. The lowest BCUT2D eigenvalue weighted by molar-refractivity contribution is -0.140. The van der Waals surface area contributed by atoms with Gasteiger partial charge in [-0.05, 0) is 48.7 Å². The van der Waals surface area contributed by atoms with Gasteiger partial charge in [0.25, 0.3) is 10.0 Å². The minimum absolute atomic E-state index is 0.0180. The molecule has 0 radical (unpaired) electrons. The van der Waals surface area contributed by atoms with E-state index in [0.717, 1.165) is 4.31 Å². The van der Waals surface area contributed by atoms with Crippen LogP contribution >= 0.6 is 46.4 Å². The van der Waals surface area contributed by atoms with Gasteiger partial charge in [0, 0.05) is 28.7 Å². The Bertz CT molecular complexity index is 1470. The molecule has 41 heavy (non-hydrogen) atoms. The number of rotatable bonds is 12. The number of carbonyl (C=O) groups is 2. The number of benzene rings is 3. The number of anilines is 1. The smallest absolute Gasteiger partial charge is 0.264 e. The molecule has 2 amide bonds. The van der Waals surface area contributed by atoms with Crippen LogP contribution in [0.4, 0.5) is 5.69 Å². The molecule has 0 aliphatic rings. The van der Waals surface area contributed by atoms with Gasteiger partial charge in [-0.3, -0.25) is 13.9 Å². The molecule has 0 aliphatic carbocycles. The molecule has 0 saturated carbocycles. The first-order valence-corrected chi connectivity index (χ1v) is 15.9. The molecule has 0 bridgehead atoms. The van der Waals surface area contributed by atoms with E-state index in [4.69, 9.17) is 46.4 Å². The second-order valence-corrected chi connectivity index (χ2v) is 13.1. The Kier molecular flexibility index (Phi) is 11.8. The first-order chi connectivity index (χ1) is 19.4. The number of sulfonamides is 1. The van der Waals surface area contributed by atoms with Gasteiger partial charge in [-0.2, -0.15) is 0 Å². The normalized spacial score (nSPS) is 12.2. The van der Waals surface area contributed by atoms with Gasteiger partial charge in [0.05, 0.1) is 20.6 Å². The highest BCUT2D eigenvalue weighted by atomic mass is 35.5. The van der Waals surface area contributed by atoms with Crippen molar-refractivity contribution in [3.63, 3.8) is 0 Å². The summed E-state index contributed by atoms with van der Waals surface area (Å²) in [5.74, 6) is -0.867. The Morgan fingerprint density at radius 1 is 0.854 bits per heavy atom. The Hall–Kier alpha value is -2.49. The van der Waals surface area contributed by atoms with E-state index >= 15 is 0 Å². The lowest BCUT2D eigenvalue weighted by Gasteiger charge is -2.34. The number of hydrogen-bond acceptors (Lipinski definition) is 4. The molecule has 0 aliphatic heterocycles. The fraction of sp³-hybridized carbons (Fsp3) is 0.310. The second-order valence-electron chi connectivity index (χ2n) is 9.68. The van der Waals surface area contributed by atoms with Gasteiger partial charge in [0.15, 0.2) is 0 Å². The lowest BCUT2D eigenvalue weighted by Crippen LogP contribution is -2.52. The van der Waals surface area contributed by atoms with E-state index in [-0.39, 0.29) is 45.4 Å². The first-order valence-electron chi connectivity index (χ1n) is 12.9. The average molecular weight is 659 g/mol. The third kappa shape index (κ3) is 8.08. The molecular formula is C29H31Cl4N3O4S. The van der Waals surface area contributed by atoms with Crippen LogP contribution in [-0.4, -0.2) is 44.3 Å². The standard InChI is InChI=1S/C29H31Cl4N3O4S/c1-4-25(29(38)34-16-19(2)3)35(17-21-22(30)12-8-13-23(21)31)27(37)18-36(26-15-9-14-24(32)28(26)33)41(39,40)20-10-6-5-7-11-20/h5-15,19,25H,4,16-18H2,1-3H3,(H,34,38)/t25-/m0/s1. The average Bonchev–Trinajstić information content (AvgIpc) is 2.94. The van der Waals surface area contributed by atoms with Crippen molar-refractivity contribution in [3.05, 3.63) is 92.4 Å². The zero-order valence-electron chi connectivity index (χ0n) is 22.8. The number of nitrogens with zero attached hydrogens (tertiary/aromatic N) is 2. The number of nitrogens with one attached hydrogen (secondary N) is 1. The zero-order valence-corrected chi connectivity index (χ0v) is 26.6. The second kappa shape index (κ2) is 14.6. The van der Waals surface area contributed by atoms with E-state index in [2.05, 4.69) is 5.32 Å². The van der Waals surface area contributed by atoms with Gasteiger partial charge in [-0.25, -0.2) is 8.42 Å². The summed E-state index contributed by atoms with van der Waals surface area (Å²) in [5, 5.41) is 3.56. The van der Waals surface area contributed by atoms with Crippen molar-refractivity contribution in [3.8, 4) is 0 Å². The van der Waals surface area contributed by atoms with Crippen LogP contribution in [0.2, 0.25) is 20.1 Å². The third-order valence-electron chi connectivity index (χ3n) is 6.27. The van der Waals surface area contributed by atoms with E-state index < -0.39 is 28.5 Å². The Morgan fingerprint density at radius 3 is 2.02 bits per heavy atom. The number of amides is 2. The van der Waals surface area contributed by atoms with Crippen LogP contribution < -0.4 is 9.62 Å². The highest BCUT2D eigenvalue weighted by molar-refractivity contribution is 7.92. The van der Waals surface area contributed by atoms with Gasteiger partial charge in [0.1, 0.15) is 12.6 Å². The molecule has 0 spiro atoms. The minimum atomic E-state index is -4.30. The Balaban J connectivity index is 2.12. The quantitative estimate of drug-likeness (QED) is 0.225. The minimum Gasteiger partial charge on any atom is -0.354 e. The molecule has 3 aromatic rings.